The number of anilines is 1. The van der Waals surface area contributed by atoms with Gasteiger partial charge in [-0.2, -0.15) is 0 Å². The molecule has 0 aliphatic rings. The average molecular weight is 420 g/mol. The fraction of sp³-hybridized carbons (Fsp3) is 0.476. The van der Waals surface area contributed by atoms with Crippen molar-refractivity contribution in [1.29, 1.82) is 0 Å². The lowest BCUT2D eigenvalue weighted by Crippen LogP contribution is -2.34. The summed E-state index contributed by atoms with van der Waals surface area (Å²) in [6.45, 7) is 12.8. The van der Waals surface area contributed by atoms with Crippen molar-refractivity contribution in [2.45, 2.75) is 65.7 Å². The zero-order chi connectivity index (χ0) is 21.8. The zero-order valence-corrected chi connectivity index (χ0v) is 18.8. The Kier molecular flexibility index (Phi) is 6.89. The lowest BCUT2D eigenvalue weighted by molar-refractivity contribution is 0.0507. The number of aromatic nitrogens is 1. The number of amides is 2. The number of nitrogens with one attached hydrogen (secondary N) is 2. The molecule has 0 saturated carbocycles. The van der Waals surface area contributed by atoms with Crippen LogP contribution in [0.2, 0.25) is 0 Å². The first-order valence-corrected chi connectivity index (χ1v) is 10.3. The van der Waals surface area contributed by atoms with Gasteiger partial charge < -0.3 is 14.8 Å². The summed E-state index contributed by atoms with van der Waals surface area (Å²) in [6, 6.07) is 7.50. The van der Waals surface area contributed by atoms with Crippen LogP contribution in [-0.4, -0.2) is 28.4 Å². The van der Waals surface area contributed by atoms with Gasteiger partial charge in [-0.3, -0.25) is 5.32 Å². The Labute approximate surface area is 175 Å². The maximum atomic E-state index is 12.0. The Morgan fingerprint density at radius 2 is 1.52 bits per heavy atom. The highest BCUT2D eigenvalue weighted by molar-refractivity contribution is 7.13. The van der Waals surface area contributed by atoms with E-state index >= 15 is 0 Å². The van der Waals surface area contributed by atoms with E-state index in [1.54, 1.807) is 26.3 Å². The van der Waals surface area contributed by atoms with E-state index in [0.717, 1.165) is 16.0 Å². The van der Waals surface area contributed by atoms with Gasteiger partial charge in [-0.05, 0) is 59.6 Å². The van der Waals surface area contributed by atoms with Gasteiger partial charge in [0.2, 0.25) is 0 Å². The van der Waals surface area contributed by atoms with E-state index in [-0.39, 0.29) is 6.04 Å². The van der Waals surface area contributed by atoms with Crippen molar-refractivity contribution in [3.8, 4) is 10.4 Å². The van der Waals surface area contributed by atoms with Gasteiger partial charge in [0.1, 0.15) is 11.2 Å². The Hall–Kier alpha value is -2.61. The lowest BCUT2D eigenvalue weighted by atomic mass is 10.1. The molecule has 2 aromatic rings. The second kappa shape index (κ2) is 8.82. The highest BCUT2D eigenvalue weighted by atomic mass is 32.1. The number of thiazole rings is 1. The molecule has 7 nitrogen and oxygen atoms in total. The number of carbonyl (C=O) groups is 2. The smallest absolute Gasteiger partial charge is 0.413 e. The van der Waals surface area contributed by atoms with Crippen molar-refractivity contribution in [3.05, 3.63) is 35.3 Å². The van der Waals surface area contributed by atoms with Crippen LogP contribution in [0.1, 0.15) is 60.1 Å². The highest BCUT2D eigenvalue weighted by Gasteiger charge is 2.20. The Bertz CT molecular complexity index is 848. The first-order chi connectivity index (χ1) is 13.3. The molecular weight excluding hydrogens is 390 g/mol. The predicted octanol–water partition coefficient (Wildman–Crippen LogP) is 5.74. The Balaban J connectivity index is 2.07. The van der Waals surface area contributed by atoms with Crippen LogP contribution in [-0.2, 0) is 9.47 Å². The van der Waals surface area contributed by atoms with Crippen LogP contribution in [0, 0.1) is 0 Å². The summed E-state index contributed by atoms with van der Waals surface area (Å²) in [4.78, 5) is 29.0. The number of hydrogen-bond acceptors (Lipinski definition) is 6. The molecule has 1 unspecified atom stereocenters. The van der Waals surface area contributed by atoms with Crippen LogP contribution >= 0.6 is 11.3 Å². The minimum atomic E-state index is -0.584. The molecule has 1 aromatic carbocycles. The standard InChI is InChI=1S/C21H29N3O4S/c1-13(23-18(25)27-20(2,3)4)14-8-10-15(11-9-14)16-17(22-12-29-16)24-19(26)28-21(5,6)7/h8-13H,1-7H3,(H,23,25)(H,24,26). The van der Waals surface area contributed by atoms with E-state index in [4.69, 9.17) is 9.47 Å². The van der Waals surface area contributed by atoms with E-state index in [9.17, 15) is 9.59 Å². The molecule has 0 aliphatic carbocycles. The van der Waals surface area contributed by atoms with Gasteiger partial charge in [0.25, 0.3) is 0 Å². The fourth-order valence-corrected chi connectivity index (χ4v) is 3.18. The molecule has 0 fully saturated rings. The van der Waals surface area contributed by atoms with Crippen LogP contribution in [0.15, 0.2) is 29.8 Å². The van der Waals surface area contributed by atoms with Gasteiger partial charge in [-0.15, -0.1) is 11.3 Å². The second-order valence-corrected chi connectivity index (χ2v) is 9.50. The number of nitrogens with zero attached hydrogens (tertiary/aromatic N) is 1. The van der Waals surface area contributed by atoms with Crippen LogP contribution in [0.4, 0.5) is 15.4 Å². The molecule has 2 rings (SSSR count). The number of benzene rings is 1. The average Bonchev–Trinajstić information content (AvgIpc) is 2.99. The van der Waals surface area contributed by atoms with Gasteiger partial charge in [0.05, 0.1) is 16.4 Å². The van der Waals surface area contributed by atoms with Crippen molar-refractivity contribution in [2.75, 3.05) is 5.32 Å². The monoisotopic (exact) mass is 419 g/mol. The summed E-state index contributed by atoms with van der Waals surface area (Å²) >= 11 is 1.42. The third kappa shape index (κ3) is 7.38. The Morgan fingerprint density at radius 3 is 2.07 bits per heavy atom. The summed E-state index contributed by atoms with van der Waals surface area (Å²) in [5, 5.41) is 5.52. The molecule has 0 spiro atoms. The first-order valence-electron chi connectivity index (χ1n) is 9.37. The summed E-state index contributed by atoms with van der Waals surface area (Å²) in [5.41, 5.74) is 2.39. The third-order valence-corrected chi connectivity index (χ3v) is 4.47. The molecule has 8 heteroatoms. The molecule has 0 aliphatic heterocycles. The number of carbonyl (C=O) groups excluding carboxylic acids is 2. The molecule has 0 radical (unpaired) electrons. The molecule has 29 heavy (non-hydrogen) atoms. The number of alkyl carbamates (subject to hydrolysis) is 1. The van der Waals surface area contributed by atoms with Crippen LogP contribution in [0.3, 0.4) is 0 Å². The molecule has 1 aromatic heterocycles. The van der Waals surface area contributed by atoms with Crippen molar-refractivity contribution in [1.82, 2.24) is 10.3 Å². The Morgan fingerprint density at radius 1 is 0.966 bits per heavy atom. The van der Waals surface area contributed by atoms with E-state index in [1.165, 1.54) is 11.3 Å². The van der Waals surface area contributed by atoms with Gasteiger partial charge in [0.15, 0.2) is 5.82 Å². The summed E-state index contributed by atoms with van der Waals surface area (Å²) in [6.07, 6.45) is -1.00. The highest BCUT2D eigenvalue weighted by Crippen LogP contribution is 2.32. The van der Waals surface area contributed by atoms with E-state index < -0.39 is 23.4 Å². The topological polar surface area (TPSA) is 89.5 Å². The molecular formula is C21H29N3O4S. The van der Waals surface area contributed by atoms with Gasteiger partial charge in [-0.1, -0.05) is 24.3 Å². The number of rotatable bonds is 4. The minimum Gasteiger partial charge on any atom is -0.444 e. The van der Waals surface area contributed by atoms with Crippen molar-refractivity contribution in [3.63, 3.8) is 0 Å². The van der Waals surface area contributed by atoms with Crippen LogP contribution in [0.25, 0.3) is 10.4 Å². The third-order valence-electron chi connectivity index (χ3n) is 3.59. The summed E-state index contributed by atoms with van der Waals surface area (Å²) in [5.74, 6) is 0.455. The normalized spacial score (nSPS) is 12.8. The van der Waals surface area contributed by atoms with E-state index in [1.807, 2.05) is 52.0 Å². The largest absolute Gasteiger partial charge is 0.444 e. The quantitative estimate of drug-likeness (QED) is 0.659. The minimum absolute atomic E-state index is 0.209. The van der Waals surface area contributed by atoms with E-state index in [2.05, 4.69) is 15.6 Å². The summed E-state index contributed by atoms with van der Waals surface area (Å²) in [7, 11) is 0. The zero-order valence-electron chi connectivity index (χ0n) is 18.0. The maximum absolute atomic E-state index is 12.0. The number of hydrogen-bond donors (Lipinski definition) is 2. The summed E-state index contributed by atoms with van der Waals surface area (Å²) < 4.78 is 10.6. The van der Waals surface area contributed by atoms with Gasteiger partial charge >= 0.3 is 12.2 Å². The van der Waals surface area contributed by atoms with Gasteiger partial charge in [0, 0.05) is 0 Å². The predicted molar refractivity (Wildman–Crippen MR) is 115 cm³/mol. The second-order valence-electron chi connectivity index (χ2n) is 8.65. The molecule has 0 bridgehead atoms. The molecule has 2 amide bonds. The first kappa shape index (κ1) is 22.7. The van der Waals surface area contributed by atoms with Crippen molar-refractivity contribution < 1.29 is 19.1 Å². The van der Waals surface area contributed by atoms with E-state index in [0.29, 0.717) is 5.82 Å². The SMILES string of the molecule is CC(NC(=O)OC(C)(C)C)c1ccc(-c2scnc2NC(=O)OC(C)(C)C)cc1. The molecule has 0 saturated heterocycles. The number of ether oxygens (including phenoxy) is 2. The van der Waals surface area contributed by atoms with Crippen molar-refractivity contribution in [2.24, 2.45) is 0 Å². The molecule has 2 N–H and O–H groups in total. The molecule has 1 heterocycles. The van der Waals surface area contributed by atoms with Crippen molar-refractivity contribution >= 4 is 29.3 Å². The maximum Gasteiger partial charge on any atom is 0.413 e. The fourth-order valence-electron chi connectivity index (χ4n) is 2.43. The van der Waals surface area contributed by atoms with Crippen LogP contribution < -0.4 is 10.6 Å². The lowest BCUT2D eigenvalue weighted by Gasteiger charge is -2.22. The van der Waals surface area contributed by atoms with Crippen LogP contribution in [0.5, 0.6) is 0 Å². The molecule has 158 valence electrons. The molecule has 1 atom stereocenters. The van der Waals surface area contributed by atoms with Gasteiger partial charge in [-0.25, -0.2) is 14.6 Å².